The van der Waals surface area contributed by atoms with E-state index in [0.717, 1.165) is 30.7 Å². The van der Waals surface area contributed by atoms with Gasteiger partial charge in [0.2, 0.25) is 5.91 Å². The molecule has 2 rings (SSSR count). The lowest BCUT2D eigenvalue weighted by Gasteiger charge is -2.14. The van der Waals surface area contributed by atoms with E-state index in [1.807, 2.05) is 6.92 Å². The number of nitrogens with two attached hydrogens (primary N) is 1. The summed E-state index contributed by atoms with van der Waals surface area (Å²) in [4.78, 5) is 18.9. The SMILES string of the molecule is Cc1[nH]cnc1CNC(=O)C[C@@H]1CCC[C@H]1N. The van der Waals surface area contributed by atoms with Gasteiger partial charge >= 0.3 is 0 Å². The highest BCUT2D eigenvalue weighted by Crippen LogP contribution is 2.26. The molecule has 94 valence electrons. The third kappa shape index (κ3) is 3.06. The Morgan fingerprint density at radius 2 is 2.47 bits per heavy atom. The first-order valence-electron chi connectivity index (χ1n) is 6.18. The van der Waals surface area contributed by atoms with Crippen LogP contribution in [0.4, 0.5) is 0 Å². The predicted molar refractivity (Wildman–Crippen MR) is 65.1 cm³/mol. The van der Waals surface area contributed by atoms with Crippen molar-refractivity contribution in [2.45, 2.75) is 45.2 Å². The van der Waals surface area contributed by atoms with E-state index >= 15 is 0 Å². The maximum absolute atomic E-state index is 11.7. The van der Waals surface area contributed by atoms with Gasteiger partial charge in [0.1, 0.15) is 0 Å². The Kier molecular flexibility index (Phi) is 3.78. The Hall–Kier alpha value is -1.36. The highest BCUT2D eigenvalue weighted by atomic mass is 16.1. The fraction of sp³-hybridized carbons (Fsp3) is 0.667. The number of amides is 1. The maximum atomic E-state index is 11.7. The van der Waals surface area contributed by atoms with Crippen molar-refractivity contribution >= 4 is 5.91 Å². The first kappa shape index (κ1) is 12.1. The summed E-state index contributed by atoms with van der Waals surface area (Å²) in [5.41, 5.74) is 7.84. The molecule has 0 unspecified atom stereocenters. The molecule has 0 saturated heterocycles. The third-order valence-electron chi connectivity index (χ3n) is 3.55. The number of rotatable bonds is 4. The van der Waals surface area contributed by atoms with Gasteiger partial charge in [-0.25, -0.2) is 4.98 Å². The van der Waals surface area contributed by atoms with Crippen molar-refractivity contribution in [1.82, 2.24) is 15.3 Å². The Labute approximate surface area is 101 Å². The number of aromatic nitrogens is 2. The van der Waals surface area contributed by atoms with E-state index in [9.17, 15) is 4.79 Å². The summed E-state index contributed by atoms with van der Waals surface area (Å²) < 4.78 is 0. The van der Waals surface area contributed by atoms with Crippen LogP contribution in [0.5, 0.6) is 0 Å². The molecule has 0 aliphatic heterocycles. The number of imidazole rings is 1. The summed E-state index contributed by atoms with van der Waals surface area (Å²) >= 11 is 0. The normalized spacial score (nSPS) is 23.9. The van der Waals surface area contributed by atoms with Gasteiger partial charge < -0.3 is 16.0 Å². The van der Waals surface area contributed by atoms with Gasteiger partial charge in [0.05, 0.1) is 18.6 Å². The van der Waals surface area contributed by atoms with Crippen LogP contribution < -0.4 is 11.1 Å². The Balaban J connectivity index is 1.76. The van der Waals surface area contributed by atoms with Crippen LogP contribution in [-0.4, -0.2) is 21.9 Å². The second-order valence-corrected chi connectivity index (χ2v) is 4.81. The molecular weight excluding hydrogens is 216 g/mol. The molecule has 1 amide bonds. The summed E-state index contributed by atoms with van der Waals surface area (Å²) in [6, 6.07) is 0.202. The van der Waals surface area contributed by atoms with Crippen molar-refractivity contribution in [3.05, 3.63) is 17.7 Å². The summed E-state index contributed by atoms with van der Waals surface area (Å²) in [6.45, 7) is 2.44. The zero-order valence-corrected chi connectivity index (χ0v) is 10.2. The molecule has 2 atom stereocenters. The Morgan fingerprint density at radius 1 is 1.65 bits per heavy atom. The fourth-order valence-electron chi connectivity index (χ4n) is 2.38. The van der Waals surface area contributed by atoms with Gasteiger partial charge in [-0.1, -0.05) is 6.42 Å². The van der Waals surface area contributed by atoms with E-state index in [2.05, 4.69) is 15.3 Å². The van der Waals surface area contributed by atoms with E-state index in [4.69, 9.17) is 5.73 Å². The number of nitrogens with zero attached hydrogens (tertiary/aromatic N) is 1. The number of carbonyl (C=O) groups is 1. The molecule has 17 heavy (non-hydrogen) atoms. The smallest absolute Gasteiger partial charge is 0.220 e. The molecule has 1 aromatic rings. The molecule has 1 fully saturated rings. The minimum atomic E-state index is 0.0785. The lowest BCUT2D eigenvalue weighted by Crippen LogP contribution is -2.31. The van der Waals surface area contributed by atoms with Crippen LogP contribution >= 0.6 is 0 Å². The summed E-state index contributed by atoms with van der Waals surface area (Å²) in [5.74, 6) is 0.435. The molecule has 0 radical (unpaired) electrons. The molecule has 4 N–H and O–H groups in total. The highest BCUT2D eigenvalue weighted by molar-refractivity contribution is 5.76. The van der Waals surface area contributed by atoms with Gasteiger partial charge in [-0.15, -0.1) is 0 Å². The monoisotopic (exact) mass is 236 g/mol. The van der Waals surface area contributed by atoms with Crippen molar-refractivity contribution in [2.24, 2.45) is 11.7 Å². The molecule has 0 aromatic carbocycles. The molecule has 5 heteroatoms. The Morgan fingerprint density at radius 3 is 3.06 bits per heavy atom. The summed E-state index contributed by atoms with van der Waals surface area (Å²) in [5, 5.41) is 2.90. The quantitative estimate of drug-likeness (QED) is 0.724. The topological polar surface area (TPSA) is 83.8 Å². The van der Waals surface area contributed by atoms with Gasteiger partial charge in [0.15, 0.2) is 0 Å². The molecule has 1 aliphatic rings. The number of carbonyl (C=O) groups excluding carboxylic acids is 1. The number of aromatic amines is 1. The largest absolute Gasteiger partial charge is 0.350 e. The van der Waals surface area contributed by atoms with E-state index < -0.39 is 0 Å². The van der Waals surface area contributed by atoms with Crippen LogP contribution in [0.15, 0.2) is 6.33 Å². The van der Waals surface area contributed by atoms with Crippen molar-refractivity contribution in [1.29, 1.82) is 0 Å². The minimum Gasteiger partial charge on any atom is -0.350 e. The average molecular weight is 236 g/mol. The number of aryl methyl sites for hydroxylation is 1. The van der Waals surface area contributed by atoms with Gasteiger partial charge in [0.25, 0.3) is 0 Å². The third-order valence-corrected chi connectivity index (χ3v) is 3.55. The van der Waals surface area contributed by atoms with E-state index in [0.29, 0.717) is 18.9 Å². The van der Waals surface area contributed by atoms with Crippen molar-refractivity contribution in [3.63, 3.8) is 0 Å². The van der Waals surface area contributed by atoms with Crippen LogP contribution in [0.2, 0.25) is 0 Å². The zero-order chi connectivity index (χ0) is 12.3. The molecule has 0 spiro atoms. The zero-order valence-electron chi connectivity index (χ0n) is 10.2. The Bertz CT molecular complexity index is 388. The number of hydrogen-bond acceptors (Lipinski definition) is 3. The summed E-state index contributed by atoms with van der Waals surface area (Å²) in [7, 11) is 0. The number of H-pyrrole nitrogens is 1. The van der Waals surface area contributed by atoms with Crippen LogP contribution in [0.3, 0.4) is 0 Å². The lowest BCUT2D eigenvalue weighted by molar-refractivity contribution is -0.122. The number of hydrogen-bond donors (Lipinski definition) is 3. The first-order valence-corrected chi connectivity index (χ1v) is 6.18. The molecule has 1 aromatic heterocycles. The summed E-state index contributed by atoms with van der Waals surface area (Å²) in [6.07, 6.45) is 5.47. The second-order valence-electron chi connectivity index (χ2n) is 4.81. The first-order chi connectivity index (χ1) is 8.16. The van der Waals surface area contributed by atoms with Crippen LogP contribution in [-0.2, 0) is 11.3 Å². The fourth-order valence-corrected chi connectivity index (χ4v) is 2.38. The molecule has 0 bridgehead atoms. The maximum Gasteiger partial charge on any atom is 0.220 e. The van der Waals surface area contributed by atoms with E-state index in [1.54, 1.807) is 6.33 Å². The standard InChI is InChI=1S/C12H20N4O/c1-8-11(16-7-15-8)6-14-12(17)5-9-3-2-4-10(9)13/h7,9-10H,2-6,13H2,1H3,(H,14,17)(H,15,16)/t9-,10+/m0/s1. The van der Waals surface area contributed by atoms with Gasteiger partial charge in [-0.05, 0) is 25.7 Å². The van der Waals surface area contributed by atoms with Crippen LogP contribution in [0.1, 0.15) is 37.1 Å². The predicted octanol–water partition coefficient (Wildman–Crippen LogP) is 0.852. The van der Waals surface area contributed by atoms with Crippen molar-refractivity contribution in [2.75, 3.05) is 0 Å². The van der Waals surface area contributed by atoms with Crippen molar-refractivity contribution < 1.29 is 4.79 Å². The highest BCUT2D eigenvalue weighted by Gasteiger charge is 2.25. The van der Waals surface area contributed by atoms with Gasteiger partial charge in [-0.3, -0.25) is 4.79 Å². The van der Waals surface area contributed by atoms with Gasteiger partial charge in [0, 0.05) is 18.2 Å². The van der Waals surface area contributed by atoms with Crippen LogP contribution in [0.25, 0.3) is 0 Å². The molecule has 1 heterocycles. The molecule has 1 saturated carbocycles. The van der Waals surface area contributed by atoms with Gasteiger partial charge in [-0.2, -0.15) is 0 Å². The lowest BCUT2D eigenvalue weighted by atomic mass is 10.00. The number of nitrogens with one attached hydrogen (secondary N) is 2. The second kappa shape index (κ2) is 5.31. The van der Waals surface area contributed by atoms with Crippen LogP contribution in [0, 0.1) is 12.8 Å². The average Bonchev–Trinajstić information content (AvgIpc) is 2.86. The van der Waals surface area contributed by atoms with E-state index in [-0.39, 0.29) is 11.9 Å². The van der Waals surface area contributed by atoms with E-state index in [1.165, 1.54) is 0 Å². The van der Waals surface area contributed by atoms with Crippen molar-refractivity contribution in [3.8, 4) is 0 Å². The molecular formula is C12H20N4O. The minimum absolute atomic E-state index is 0.0785. The molecule has 5 nitrogen and oxygen atoms in total. The molecule has 1 aliphatic carbocycles.